The van der Waals surface area contributed by atoms with E-state index in [0.717, 1.165) is 0 Å². The van der Waals surface area contributed by atoms with E-state index >= 15 is 0 Å². The summed E-state index contributed by atoms with van der Waals surface area (Å²) in [5.74, 6) is 1.06. The van der Waals surface area contributed by atoms with Crippen molar-refractivity contribution < 1.29 is 4.79 Å². The molecule has 0 fully saturated rings. The summed E-state index contributed by atoms with van der Waals surface area (Å²) in [4.78, 5) is 30.8. The lowest BCUT2D eigenvalue weighted by atomic mass is 10.2. The van der Waals surface area contributed by atoms with Gasteiger partial charge in [0.05, 0.1) is 17.1 Å². The second-order valence-corrected chi connectivity index (χ2v) is 4.90. The van der Waals surface area contributed by atoms with Gasteiger partial charge in [-0.25, -0.2) is 4.98 Å². The van der Waals surface area contributed by atoms with Crippen LogP contribution in [-0.2, 0) is 11.2 Å². The molecule has 0 saturated carbocycles. The molecule has 22 heavy (non-hydrogen) atoms. The highest BCUT2D eigenvalue weighted by atomic mass is 16.1. The Balaban J connectivity index is 1.60. The smallest absolute Gasteiger partial charge is 0.258 e. The number of H-pyrrole nitrogens is 2. The fourth-order valence-corrected chi connectivity index (χ4v) is 2.21. The van der Waals surface area contributed by atoms with Crippen LogP contribution < -0.4 is 10.9 Å². The van der Waals surface area contributed by atoms with Crippen molar-refractivity contribution in [3.8, 4) is 0 Å². The van der Waals surface area contributed by atoms with E-state index in [4.69, 9.17) is 0 Å². The maximum atomic E-state index is 11.9. The molecule has 0 aliphatic heterocycles. The number of anilines is 1. The van der Waals surface area contributed by atoms with Crippen molar-refractivity contribution in [2.45, 2.75) is 19.3 Å². The largest absolute Gasteiger partial charge is 0.311 e. The monoisotopic (exact) mass is 297 g/mol. The number of aryl methyl sites for hydroxylation is 1. The van der Waals surface area contributed by atoms with Gasteiger partial charge in [0, 0.05) is 18.9 Å². The molecule has 0 atom stereocenters. The fraction of sp³-hybridized carbons (Fsp3) is 0.200. The Morgan fingerprint density at radius 2 is 2.09 bits per heavy atom. The summed E-state index contributed by atoms with van der Waals surface area (Å²) in [6.45, 7) is 0. The number of nitrogens with zero attached hydrogens (tertiary/aromatic N) is 2. The van der Waals surface area contributed by atoms with Crippen molar-refractivity contribution in [1.29, 1.82) is 0 Å². The number of fused-ring (bicyclic) bond motifs is 1. The Morgan fingerprint density at radius 1 is 1.23 bits per heavy atom. The number of carbonyl (C=O) groups is 1. The van der Waals surface area contributed by atoms with Gasteiger partial charge in [-0.15, -0.1) is 0 Å². The molecule has 3 rings (SSSR count). The van der Waals surface area contributed by atoms with Crippen LogP contribution in [0.5, 0.6) is 0 Å². The number of aromatic nitrogens is 4. The minimum Gasteiger partial charge on any atom is -0.311 e. The number of benzene rings is 1. The van der Waals surface area contributed by atoms with E-state index in [1.54, 1.807) is 30.5 Å². The summed E-state index contributed by atoms with van der Waals surface area (Å²) in [6, 6.07) is 8.87. The molecule has 1 aromatic carbocycles. The first-order valence-electron chi connectivity index (χ1n) is 6.99. The second-order valence-electron chi connectivity index (χ2n) is 4.90. The summed E-state index contributed by atoms with van der Waals surface area (Å²) in [6.07, 6.45) is 3.05. The third kappa shape index (κ3) is 3.20. The maximum absolute atomic E-state index is 11.9. The van der Waals surface area contributed by atoms with Gasteiger partial charge < -0.3 is 10.3 Å². The van der Waals surface area contributed by atoms with Crippen LogP contribution in [0.1, 0.15) is 18.7 Å². The van der Waals surface area contributed by atoms with E-state index in [1.165, 1.54) is 0 Å². The highest BCUT2D eigenvalue weighted by molar-refractivity contribution is 5.89. The lowest BCUT2D eigenvalue weighted by Crippen LogP contribution is -2.14. The molecule has 0 radical (unpaired) electrons. The third-order valence-electron chi connectivity index (χ3n) is 3.25. The second kappa shape index (κ2) is 6.21. The minimum atomic E-state index is -0.150. The molecule has 3 aromatic rings. The summed E-state index contributed by atoms with van der Waals surface area (Å²) < 4.78 is 0. The van der Waals surface area contributed by atoms with Crippen LogP contribution in [-0.4, -0.2) is 26.1 Å². The molecule has 1 amide bonds. The number of para-hydroxylation sites is 1. The predicted octanol–water partition coefficient (Wildman–Crippen LogP) is 1.61. The van der Waals surface area contributed by atoms with Gasteiger partial charge >= 0.3 is 0 Å². The van der Waals surface area contributed by atoms with Crippen LogP contribution in [0.3, 0.4) is 0 Å². The first-order valence-corrected chi connectivity index (χ1v) is 6.99. The predicted molar refractivity (Wildman–Crippen MR) is 82.5 cm³/mol. The van der Waals surface area contributed by atoms with E-state index in [2.05, 4.69) is 25.5 Å². The van der Waals surface area contributed by atoms with Gasteiger partial charge in [-0.05, 0) is 18.6 Å². The number of carbonyl (C=O) groups excluding carboxylic acids is 1. The highest BCUT2D eigenvalue weighted by Gasteiger charge is 2.06. The number of rotatable bonds is 5. The molecule has 0 unspecified atom stereocenters. The van der Waals surface area contributed by atoms with Crippen molar-refractivity contribution in [2.75, 3.05) is 5.32 Å². The maximum Gasteiger partial charge on any atom is 0.258 e. The number of hydrogen-bond acceptors (Lipinski definition) is 4. The molecule has 3 N–H and O–H groups in total. The van der Waals surface area contributed by atoms with Crippen LogP contribution in [0.15, 0.2) is 41.3 Å². The minimum absolute atomic E-state index is 0.104. The molecule has 7 heteroatoms. The molecule has 2 heterocycles. The van der Waals surface area contributed by atoms with Crippen LogP contribution in [0.4, 0.5) is 5.82 Å². The van der Waals surface area contributed by atoms with E-state index < -0.39 is 0 Å². The Labute approximate surface area is 125 Å². The topological polar surface area (TPSA) is 104 Å². The van der Waals surface area contributed by atoms with Gasteiger partial charge in [0.2, 0.25) is 5.91 Å². The molecule has 0 bridgehead atoms. The Hall–Kier alpha value is -2.96. The van der Waals surface area contributed by atoms with Gasteiger partial charge in [-0.3, -0.25) is 14.7 Å². The summed E-state index contributed by atoms with van der Waals surface area (Å²) >= 11 is 0. The van der Waals surface area contributed by atoms with E-state index in [0.29, 0.717) is 41.8 Å². The molecular formula is C15H15N5O2. The lowest BCUT2D eigenvalue weighted by Gasteiger charge is -2.04. The van der Waals surface area contributed by atoms with E-state index in [1.807, 2.05) is 6.07 Å². The number of amides is 1. The van der Waals surface area contributed by atoms with Crippen molar-refractivity contribution in [3.05, 3.63) is 52.7 Å². The van der Waals surface area contributed by atoms with Gasteiger partial charge in [-0.2, -0.15) is 5.10 Å². The van der Waals surface area contributed by atoms with Gasteiger partial charge in [-0.1, -0.05) is 12.1 Å². The number of aromatic amines is 2. The fourth-order valence-electron chi connectivity index (χ4n) is 2.21. The van der Waals surface area contributed by atoms with E-state index in [9.17, 15) is 9.59 Å². The first kappa shape index (κ1) is 14.0. The first-order chi connectivity index (χ1) is 10.7. The number of hydrogen-bond donors (Lipinski definition) is 3. The van der Waals surface area contributed by atoms with Crippen LogP contribution in [0.2, 0.25) is 0 Å². The zero-order chi connectivity index (χ0) is 15.4. The third-order valence-corrected chi connectivity index (χ3v) is 3.25. The van der Waals surface area contributed by atoms with Crippen molar-refractivity contribution in [3.63, 3.8) is 0 Å². The normalized spacial score (nSPS) is 10.7. The standard InChI is InChI=1S/C15H15N5O2/c21-14(18-13-8-9-16-20-13)7-3-6-12-17-11-5-2-1-4-10(11)15(22)19-12/h1-2,4-5,8-9H,3,6-7H2,(H,17,19,22)(H2,16,18,20,21). The van der Waals surface area contributed by atoms with Crippen molar-refractivity contribution in [2.24, 2.45) is 0 Å². The highest BCUT2D eigenvalue weighted by Crippen LogP contribution is 2.08. The Morgan fingerprint density at radius 3 is 2.91 bits per heavy atom. The molecule has 0 spiro atoms. The van der Waals surface area contributed by atoms with Gasteiger partial charge in [0.25, 0.3) is 5.56 Å². The zero-order valence-corrected chi connectivity index (χ0v) is 11.8. The average Bonchev–Trinajstić information content (AvgIpc) is 3.00. The molecule has 2 aromatic heterocycles. The zero-order valence-electron chi connectivity index (χ0n) is 11.8. The Kier molecular flexibility index (Phi) is 3.95. The van der Waals surface area contributed by atoms with Gasteiger partial charge in [0.15, 0.2) is 0 Å². The summed E-state index contributed by atoms with van der Waals surface area (Å²) in [7, 11) is 0. The van der Waals surface area contributed by atoms with Crippen LogP contribution in [0, 0.1) is 0 Å². The molecule has 112 valence electrons. The van der Waals surface area contributed by atoms with Crippen molar-refractivity contribution in [1.82, 2.24) is 20.2 Å². The van der Waals surface area contributed by atoms with Crippen LogP contribution >= 0.6 is 0 Å². The quantitative estimate of drug-likeness (QED) is 0.665. The molecule has 0 saturated heterocycles. The molecular weight excluding hydrogens is 282 g/mol. The number of nitrogens with one attached hydrogen (secondary N) is 3. The molecule has 0 aliphatic carbocycles. The lowest BCUT2D eigenvalue weighted by molar-refractivity contribution is -0.116. The summed E-state index contributed by atoms with van der Waals surface area (Å²) in [5.41, 5.74) is 0.519. The van der Waals surface area contributed by atoms with Crippen molar-refractivity contribution >= 4 is 22.6 Å². The van der Waals surface area contributed by atoms with Crippen LogP contribution in [0.25, 0.3) is 10.9 Å². The average molecular weight is 297 g/mol. The Bertz CT molecular complexity index is 839. The molecule has 7 nitrogen and oxygen atoms in total. The summed E-state index contributed by atoms with van der Waals surface area (Å²) in [5, 5.41) is 9.69. The SMILES string of the molecule is O=C(CCCc1nc2ccccc2c(=O)[nH]1)Nc1ccn[nH]1. The molecule has 0 aliphatic rings. The van der Waals surface area contributed by atoms with E-state index in [-0.39, 0.29) is 11.5 Å². The van der Waals surface area contributed by atoms with Gasteiger partial charge in [0.1, 0.15) is 11.6 Å².